The van der Waals surface area contributed by atoms with Crippen molar-refractivity contribution >= 4 is 29.7 Å². The van der Waals surface area contributed by atoms with E-state index in [2.05, 4.69) is 16.0 Å². The molecule has 0 radical (unpaired) electrons. The maximum atomic E-state index is 12.6. The number of hydrogen-bond donors (Lipinski definition) is 9. The van der Waals surface area contributed by atoms with Crippen LogP contribution in [-0.4, -0.2) is 93.0 Å². The highest BCUT2D eigenvalue weighted by Crippen LogP contribution is 2.05. The highest BCUT2D eigenvalue weighted by Gasteiger charge is 2.32. The third kappa shape index (κ3) is 10.5. The number of carboxylic acid groups (broad SMARTS) is 2. The van der Waals surface area contributed by atoms with Gasteiger partial charge in [0.2, 0.25) is 17.7 Å². The Morgan fingerprint density at radius 2 is 1.34 bits per heavy atom. The molecule has 0 aliphatic heterocycles. The Labute approximate surface area is 184 Å². The van der Waals surface area contributed by atoms with Crippen molar-refractivity contribution in [1.82, 2.24) is 16.0 Å². The van der Waals surface area contributed by atoms with Gasteiger partial charge >= 0.3 is 11.9 Å². The molecule has 14 nitrogen and oxygen atoms in total. The second-order valence-electron chi connectivity index (χ2n) is 7.34. The van der Waals surface area contributed by atoms with Gasteiger partial charge in [0.05, 0.1) is 18.6 Å². The molecule has 184 valence electrons. The van der Waals surface area contributed by atoms with Crippen LogP contribution in [0.25, 0.3) is 0 Å². The summed E-state index contributed by atoms with van der Waals surface area (Å²) in [7, 11) is 0. The van der Waals surface area contributed by atoms with Gasteiger partial charge in [0.15, 0.2) is 6.04 Å². The molecule has 0 heterocycles. The molecule has 11 N–H and O–H groups in total. The fourth-order valence-corrected chi connectivity index (χ4v) is 2.55. The number of aliphatic hydroxyl groups excluding tert-OH is 2. The Kier molecular flexibility index (Phi) is 13.0. The van der Waals surface area contributed by atoms with Crippen molar-refractivity contribution in [2.45, 2.75) is 75.9 Å². The van der Waals surface area contributed by atoms with Crippen LogP contribution in [0.4, 0.5) is 0 Å². The van der Waals surface area contributed by atoms with Crippen LogP contribution in [0.2, 0.25) is 0 Å². The summed E-state index contributed by atoms with van der Waals surface area (Å²) in [6.07, 6.45) is -2.67. The van der Waals surface area contributed by atoms with Crippen molar-refractivity contribution in [1.29, 1.82) is 0 Å². The zero-order valence-electron chi connectivity index (χ0n) is 18.0. The predicted molar refractivity (Wildman–Crippen MR) is 110 cm³/mol. The smallest absolute Gasteiger partial charge is 0.328 e. The number of unbranched alkanes of at least 4 members (excludes halogenated alkanes) is 1. The van der Waals surface area contributed by atoms with Crippen LogP contribution in [0.5, 0.6) is 0 Å². The number of amides is 3. The topological polar surface area (TPSA) is 254 Å². The number of rotatable bonds is 15. The first kappa shape index (κ1) is 29.2. The first-order valence-electron chi connectivity index (χ1n) is 9.99. The molecule has 3 amide bonds. The van der Waals surface area contributed by atoms with Gasteiger partial charge in [-0.25, -0.2) is 4.79 Å². The number of nitrogens with two attached hydrogens (primary N) is 2. The van der Waals surface area contributed by atoms with Gasteiger partial charge in [-0.3, -0.25) is 19.2 Å². The summed E-state index contributed by atoms with van der Waals surface area (Å²) in [5.41, 5.74) is 10.9. The van der Waals surface area contributed by atoms with E-state index in [0.717, 1.165) is 6.92 Å². The number of carbonyl (C=O) groups excluding carboxylic acids is 3. The van der Waals surface area contributed by atoms with E-state index >= 15 is 0 Å². The molecule has 0 aliphatic carbocycles. The molecule has 0 aromatic heterocycles. The SMILES string of the molecule is CC(O)C(N)C(=O)NC(CC(=O)O)C(=O)NC(CCCCN)C(=O)NC(C(=O)O)C(C)O. The molecular formula is C18H33N5O9. The largest absolute Gasteiger partial charge is 0.481 e. The van der Waals surface area contributed by atoms with E-state index in [0.29, 0.717) is 19.4 Å². The highest BCUT2D eigenvalue weighted by molar-refractivity contribution is 5.95. The van der Waals surface area contributed by atoms with Gasteiger partial charge in [-0.2, -0.15) is 0 Å². The number of carboxylic acids is 2. The standard InChI is InChI=1S/C18H33N5O9/c1-8(24)13(20)17(30)22-11(7-12(26)27)16(29)21-10(5-3-4-6-19)15(28)23-14(9(2)25)18(31)32/h8-11,13-14,24-25H,3-7,19-20H2,1-2H3,(H,21,29)(H,22,30)(H,23,28)(H,26,27)(H,31,32). The van der Waals surface area contributed by atoms with Gasteiger partial charge in [0, 0.05) is 0 Å². The summed E-state index contributed by atoms with van der Waals surface area (Å²) in [5.74, 6) is -5.87. The van der Waals surface area contributed by atoms with Gasteiger partial charge in [0.1, 0.15) is 18.1 Å². The molecule has 6 atom stereocenters. The van der Waals surface area contributed by atoms with E-state index in [9.17, 15) is 34.2 Å². The van der Waals surface area contributed by atoms with Crippen LogP contribution in [0.15, 0.2) is 0 Å². The minimum Gasteiger partial charge on any atom is -0.481 e. The van der Waals surface area contributed by atoms with E-state index in [-0.39, 0.29) is 6.42 Å². The van der Waals surface area contributed by atoms with Crippen LogP contribution in [0, 0.1) is 0 Å². The molecular weight excluding hydrogens is 430 g/mol. The molecule has 0 saturated heterocycles. The predicted octanol–water partition coefficient (Wildman–Crippen LogP) is -3.78. The average Bonchev–Trinajstić information content (AvgIpc) is 2.68. The lowest BCUT2D eigenvalue weighted by Crippen LogP contribution is -2.59. The quantitative estimate of drug-likeness (QED) is 0.106. The van der Waals surface area contributed by atoms with E-state index in [1.165, 1.54) is 6.92 Å². The van der Waals surface area contributed by atoms with E-state index in [1.54, 1.807) is 0 Å². The van der Waals surface area contributed by atoms with Gasteiger partial charge in [0.25, 0.3) is 0 Å². The lowest BCUT2D eigenvalue weighted by molar-refractivity contribution is -0.145. The fourth-order valence-electron chi connectivity index (χ4n) is 2.55. The summed E-state index contributed by atoms with van der Waals surface area (Å²) in [5, 5.41) is 43.6. The first-order valence-corrected chi connectivity index (χ1v) is 9.99. The monoisotopic (exact) mass is 463 g/mol. The van der Waals surface area contributed by atoms with Gasteiger partial charge in [-0.15, -0.1) is 0 Å². The molecule has 0 aromatic carbocycles. The number of aliphatic carboxylic acids is 2. The lowest BCUT2D eigenvalue weighted by atomic mass is 10.1. The fraction of sp³-hybridized carbons (Fsp3) is 0.722. The summed E-state index contributed by atoms with van der Waals surface area (Å²) < 4.78 is 0. The maximum Gasteiger partial charge on any atom is 0.328 e. The second kappa shape index (κ2) is 14.3. The van der Waals surface area contributed by atoms with Crippen molar-refractivity contribution in [2.24, 2.45) is 11.5 Å². The molecule has 0 bridgehead atoms. The zero-order chi connectivity index (χ0) is 25.0. The molecule has 0 aromatic rings. The minimum absolute atomic E-state index is 0.0296. The Hall–Kier alpha value is -2.81. The molecule has 0 saturated carbocycles. The van der Waals surface area contributed by atoms with E-state index in [1.807, 2.05) is 0 Å². The van der Waals surface area contributed by atoms with Gasteiger partial charge in [-0.05, 0) is 39.7 Å². The number of carbonyl (C=O) groups is 5. The molecule has 0 aliphatic rings. The summed E-state index contributed by atoms with van der Waals surface area (Å²) >= 11 is 0. The third-order valence-corrected chi connectivity index (χ3v) is 4.46. The van der Waals surface area contributed by atoms with E-state index in [4.69, 9.17) is 21.7 Å². The minimum atomic E-state index is -1.64. The van der Waals surface area contributed by atoms with Crippen LogP contribution in [-0.2, 0) is 24.0 Å². The summed E-state index contributed by atoms with van der Waals surface area (Å²) in [6, 6.07) is -5.99. The molecule has 0 spiro atoms. The highest BCUT2D eigenvalue weighted by atomic mass is 16.4. The number of nitrogens with one attached hydrogen (secondary N) is 3. The van der Waals surface area contributed by atoms with Crippen molar-refractivity contribution in [2.75, 3.05) is 6.54 Å². The van der Waals surface area contributed by atoms with Crippen LogP contribution < -0.4 is 27.4 Å². The van der Waals surface area contributed by atoms with Crippen molar-refractivity contribution in [3.05, 3.63) is 0 Å². The Morgan fingerprint density at radius 1 is 0.812 bits per heavy atom. The van der Waals surface area contributed by atoms with Crippen molar-refractivity contribution < 1.29 is 44.4 Å². The first-order chi connectivity index (χ1) is 14.8. The van der Waals surface area contributed by atoms with Gasteiger partial charge in [-0.1, -0.05) is 0 Å². The molecule has 32 heavy (non-hydrogen) atoms. The third-order valence-electron chi connectivity index (χ3n) is 4.46. The molecule has 14 heteroatoms. The van der Waals surface area contributed by atoms with Gasteiger partial charge < -0.3 is 47.8 Å². The second-order valence-corrected chi connectivity index (χ2v) is 7.34. The maximum absolute atomic E-state index is 12.6. The Bertz CT molecular complexity index is 671. The van der Waals surface area contributed by atoms with E-state index < -0.39 is 72.5 Å². The average molecular weight is 463 g/mol. The Balaban J connectivity index is 5.53. The summed E-state index contributed by atoms with van der Waals surface area (Å²) in [4.78, 5) is 59.6. The number of aliphatic hydroxyl groups is 2. The molecule has 6 unspecified atom stereocenters. The van der Waals surface area contributed by atoms with Crippen LogP contribution >= 0.6 is 0 Å². The normalized spacial score (nSPS) is 16.6. The molecule has 0 rings (SSSR count). The lowest BCUT2D eigenvalue weighted by Gasteiger charge is -2.25. The molecule has 0 fully saturated rings. The van der Waals surface area contributed by atoms with Crippen molar-refractivity contribution in [3.8, 4) is 0 Å². The zero-order valence-corrected chi connectivity index (χ0v) is 18.0. The van der Waals surface area contributed by atoms with Crippen molar-refractivity contribution in [3.63, 3.8) is 0 Å². The van der Waals surface area contributed by atoms with Crippen LogP contribution in [0.1, 0.15) is 39.5 Å². The summed E-state index contributed by atoms with van der Waals surface area (Å²) in [6.45, 7) is 2.68. The number of hydrogen-bond acceptors (Lipinski definition) is 9. The Morgan fingerprint density at radius 3 is 1.78 bits per heavy atom. The van der Waals surface area contributed by atoms with Crippen LogP contribution in [0.3, 0.4) is 0 Å².